The first-order chi connectivity index (χ1) is 14.7. The summed E-state index contributed by atoms with van der Waals surface area (Å²) in [6.45, 7) is 3.96. The molecule has 1 aliphatic rings. The van der Waals surface area contributed by atoms with E-state index in [1.807, 2.05) is 0 Å². The molecule has 1 aliphatic carbocycles. The molecule has 1 aromatic heterocycles. The van der Waals surface area contributed by atoms with Crippen molar-refractivity contribution in [2.24, 2.45) is 5.92 Å². The van der Waals surface area contributed by atoms with Gasteiger partial charge >= 0.3 is 5.97 Å². The highest BCUT2D eigenvalue weighted by molar-refractivity contribution is 7.17. The summed E-state index contributed by atoms with van der Waals surface area (Å²) in [4.78, 5) is 47.0. The number of non-ortho nitro benzene ring substituents is 2. The lowest BCUT2D eigenvalue weighted by atomic mass is 9.85. The van der Waals surface area contributed by atoms with Gasteiger partial charge in [0.05, 0.1) is 33.6 Å². The van der Waals surface area contributed by atoms with Gasteiger partial charge in [0.1, 0.15) is 5.00 Å². The van der Waals surface area contributed by atoms with Crippen molar-refractivity contribution < 1.29 is 24.2 Å². The Morgan fingerprint density at radius 2 is 1.81 bits per heavy atom. The number of fused-ring (bicyclic) bond motifs is 1. The number of nitro groups is 2. The van der Waals surface area contributed by atoms with Crippen LogP contribution in [-0.2, 0) is 17.6 Å². The van der Waals surface area contributed by atoms with Crippen LogP contribution < -0.4 is 5.32 Å². The number of carbonyl (C=O) groups excluding carboxylic acids is 2. The molecule has 1 atom stereocenters. The van der Waals surface area contributed by atoms with E-state index in [1.54, 1.807) is 6.92 Å². The number of rotatable bonds is 7. The Kier molecular flexibility index (Phi) is 6.64. The zero-order chi connectivity index (χ0) is 22.7. The molecule has 2 aromatic rings. The number of nitrogens with zero attached hydrogens (tertiary/aromatic N) is 2. The first-order valence-corrected chi connectivity index (χ1v) is 10.6. The Balaban J connectivity index is 1.99. The van der Waals surface area contributed by atoms with Crippen molar-refractivity contribution in [2.75, 3.05) is 11.9 Å². The molecular weight excluding hydrogens is 426 g/mol. The van der Waals surface area contributed by atoms with Gasteiger partial charge in [0.25, 0.3) is 17.3 Å². The zero-order valence-corrected chi connectivity index (χ0v) is 17.8. The summed E-state index contributed by atoms with van der Waals surface area (Å²) in [6, 6.07) is 2.72. The lowest BCUT2D eigenvalue weighted by molar-refractivity contribution is -0.394. The molecule has 0 saturated carbocycles. The second-order valence-corrected chi connectivity index (χ2v) is 8.26. The van der Waals surface area contributed by atoms with Gasteiger partial charge in [-0.05, 0) is 37.7 Å². The van der Waals surface area contributed by atoms with E-state index in [0.717, 1.165) is 47.9 Å². The molecule has 1 unspecified atom stereocenters. The third-order valence-electron chi connectivity index (χ3n) is 5.24. The van der Waals surface area contributed by atoms with Gasteiger partial charge in [-0.3, -0.25) is 25.0 Å². The number of amides is 1. The number of esters is 1. The fourth-order valence-electron chi connectivity index (χ4n) is 3.62. The molecule has 0 bridgehead atoms. The Hall–Kier alpha value is -3.34. The molecule has 1 N–H and O–H groups in total. The van der Waals surface area contributed by atoms with E-state index in [2.05, 4.69) is 12.2 Å². The Morgan fingerprint density at radius 3 is 2.35 bits per heavy atom. The third kappa shape index (κ3) is 4.71. The molecule has 11 heteroatoms. The topological polar surface area (TPSA) is 142 Å². The fourth-order valence-corrected chi connectivity index (χ4v) is 4.97. The highest BCUT2D eigenvalue weighted by Gasteiger charge is 2.30. The van der Waals surface area contributed by atoms with Gasteiger partial charge in [0.15, 0.2) is 0 Å². The van der Waals surface area contributed by atoms with Gasteiger partial charge in [0, 0.05) is 17.0 Å². The van der Waals surface area contributed by atoms with Gasteiger partial charge < -0.3 is 10.1 Å². The van der Waals surface area contributed by atoms with E-state index in [9.17, 15) is 29.8 Å². The summed E-state index contributed by atoms with van der Waals surface area (Å²) in [5.74, 6) is -0.831. The number of hydrogen-bond donors (Lipinski definition) is 1. The van der Waals surface area contributed by atoms with E-state index >= 15 is 0 Å². The first kappa shape index (κ1) is 22.3. The summed E-state index contributed by atoms with van der Waals surface area (Å²) in [5.41, 5.74) is -0.228. The quantitative estimate of drug-likeness (QED) is 0.374. The number of nitrogens with one attached hydrogen (secondary N) is 1. The molecule has 0 aliphatic heterocycles. The second-order valence-electron chi connectivity index (χ2n) is 7.15. The molecule has 0 saturated heterocycles. The van der Waals surface area contributed by atoms with Crippen molar-refractivity contribution in [3.05, 3.63) is 60.0 Å². The number of hydrogen-bond acceptors (Lipinski definition) is 8. The van der Waals surface area contributed by atoms with Crippen molar-refractivity contribution in [3.63, 3.8) is 0 Å². The lowest BCUT2D eigenvalue weighted by Gasteiger charge is -2.20. The van der Waals surface area contributed by atoms with E-state index in [4.69, 9.17) is 4.74 Å². The summed E-state index contributed by atoms with van der Waals surface area (Å²) in [7, 11) is 0. The van der Waals surface area contributed by atoms with Crippen LogP contribution in [0.15, 0.2) is 18.2 Å². The van der Waals surface area contributed by atoms with Gasteiger partial charge in [-0.2, -0.15) is 0 Å². The van der Waals surface area contributed by atoms with Gasteiger partial charge in [-0.25, -0.2) is 4.79 Å². The molecule has 1 amide bonds. The fraction of sp³-hybridized carbons (Fsp3) is 0.400. The van der Waals surface area contributed by atoms with Crippen molar-refractivity contribution in [3.8, 4) is 0 Å². The van der Waals surface area contributed by atoms with Crippen molar-refractivity contribution >= 4 is 39.6 Å². The van der Waals surface area contributed by atoms with Crippen LogP contribution >= 0.6 is 11.3 Å². The van der Waals surface area contributed by atoms with Crippen molar-refractivity contribution in [1.29, 1.82) is 0 Å². The molecule has 10 nitrogen and oxygen atoms in total. The van der Waals surface area contributed by atoms with Crippen LogP contribution in [0, 0.1) is 26.1 Å². The molecular formula is C20H21N3O7S. The number of benzene rings is 1. The number of nitro benzene ring substituents is 2. The number of anilines is 1. The van der Waals surface area contributed by atoms with E-state index < -0.39 is 33.1 Å². The lowest BCUT2D eigenvalue weighted by Crippen LogP contribution is -2.17. The molecule has 1 aromatic carbocycles. The van der Waals surface area contributed by atoms with E-state index in [-0.39, 0.29) is 12.2 Å². The summed E-state index contributed by atoms with van der Waals surface area (Å²) < 4.78 is 5.17. The highest BCUT2D eigenvalue weighted by atomic mass is 32.1. The van der Waals surface area contributed by atoms with Gasteiger partial charge in [-0.15, -0.1) is 11.3 Å². The average molecular weight is 447 g/mol. The monoisotopic (exact) mass is 447 g/mol. The average Bonchev–Trinajstić information content (AvgIpc) is 3.10. The minimum Gasteiger partial charge on any atom is -0.462 e. The minimum atomic E-state index is -0.803. The van der Waals surface area contributed by atoms with Crippen LogP contribution in [0.1, 0.15) is 57.8 Å². The Bertz CT molecular complexity index is 1030. The maximum atomic E-state index is 12.8. The Labute approximate surface area is 181 Å². The largest absolute Gasteiger partial charge is 0.462 e. The van der Waals surface area contributed by atoms with Crippen molar-refractivity contribution in [1.82, 2.24) is 0 Å². The standard InChI is InChI=1S/C20H21N3O7S/c1-3-11-5-6-15-16(7-11)31-19(17(15)20(25)30-4-2)21-18(24)12-8-13(22(26)27)10-14(9-12)23(28)29/h8-11H,3-7H2,1-2H3,(H,21,24). The predicted molar refractivity (Wildman–Crippen MR) is 114 cm³/mol. The number of thiophene rings is 1. The maximum Gasteiger partial charge on any atom is 0.341 e. The van der Waals surface area contributed by atoms with E-state index in [1.165, 1.54) is 11.3 Å². The second kappa shape index (κ2) is 9.21. The molecule has 0 fully saturated rings. The zero-order valence-electron chi connectivity index (χ0n) is 17.0. The van der Waals surface area contributed by atoms with Gasteiger partial charge in [-0.1, -0.05) is 13.3 Å². The van der Waals surface area contributed by atoms with Crippen LogP contribution in [0.5, 0.6) is 0 Å². The predicted octanol–water partition coefficient (Wildman–Crippen LogP) is 4.51. The highest BCUT2D eigenvalue weighted by Crippen LogP contribution is 2.41. The first-order valence-electron chi connectivity index (χ1n) is 9.81. The van der Waals surface area contributed by atoms with Crippen LogP contribution in [0.2, 0.25) is 0 Å². The van der Waals surface area contributed by atoms with Gasteiger partial charge in [0.2, 0.25) is 0 Å². The molecule has 164 valence electrons. The summed E-state index contributed by atoms with van der Waals surface area (Å²) in [6.07, 6.45) is 3.42. The SMILES string of the molecule is CCOC(=O)c1c(NC(=O)c2cc([N+](=O)[O-])cc([N+](=O)[O-])c2)sc2c1CCC(CC)C2. The number of ether oxygens (including phenoxy) is 1. The number of carbonyl (C=O) groups is 2. The van der Waals surface area contributed by atoms with Crippen LogP contribution in [-0.4, -0.2) is 28.3 Å². The van der Waals surface area contributed by atoms with Crippen molar-refractivity contribution in [2.45, 2.75) is 39.5 Å². The molecule has 3 rings (SSSR count). The Morgan fingerprint density at radius 1 is 1.16 bits per heavy atom. The van der Waals surface area contributed by atoms with Crippen LogP contribution in [0.4, 0.5) is 16.4 Å². The molecule has 0 spiro atoms. The molecule has 31 heavy (non-hydrogen) atoms. The summed E-state index contributed by atoms with van der Waals surface area (Å²) >= 11 is 1.28. The minimum absolute atomic E-state index is 0.172. The van der Waals surface area contributed by atoms with E-state index in [0.29, 0.717) is 22.9 Å². The third-order valence-corrected chi connectivity index (χ3v) is 6.41. The van der Waals surface area contributed by atoms with Crippen LogP contribution in [0.3, 0.4) is 0 Å². The summed E-state index contributed by atoms with van der Waals surface area (Å²) in [5, 5.41) is 25.1. The molecule has 0 radical (unpaired) electrons. The smallest absolute Gasteiger partial charge is 0.341 e. The van der Waals surface area contributed by atoms with Crippen LogP contribution in [0.25, 0.3) is 0 Å². The molecule has 1 heterocycles. The normalized spacial score (nSPS) is 15.1. The maximum absolute atomic E-state index is 12.8.